The molecular formula is C13H13FN2O4. The van der Waals surface area contributed by atoms with E-state index in [-0.39, 0.29) is 11.5 Å². The second kappa shape index (κ2) is 5.68. The van der Waals surface area contributed by atoms with Gasteiger partial charge in [0.05, 0.1) is 0 Å². The van der Waals surface area contributed by atoms with Crippen LogP contribution in [0.2, 0.25) is 0 Å². The number of carbonyl (C=O) groups excluding carboxylic acids is 2. The number of hydrogen-bond donors (Lipinski definition) is 1. The van der Waals surface area contributed by atoms with Gasteiger partial charge in [0.25, 0.3) is 11.7 Å². The Morgan fingerprint density at radius 1 is 1.50 bits per heavy atom. The number of hydrogen-bond acceptors (Lipinski definition) is 5. The third kappa shape index (κ3) is 2.93. The standard InChI is InChI=1S/C13H13FN2O4/c1-2-3-9(20-13(15)18)11(17)12-16-8-5-4-7(14)6-10(8)19-12/h4-6,9H,2-3H2,1H3,(H2,15,18). The average Bonchev–Trinajstić information content (AvgIpc) is 2.79. The van der Waals surface area contributed by atoms with Crippen LogP contribution >= 0.6 is 0 Å². The molecule has 6 nitrogen and oxygen atoms in total. The van der Waals surface area contributed by atoms with Gasteiger partial charge in [-0.1, -0.05) is 13.3 Å². The lowest BCUT2D eigenvalue weighted by Gasteiger charge is -2.12. The highest BCUT2D eigenvalue weighted by molar-refractivity contribution is 5.98. The van der Waals surface area contributed by atoms with Gasteiger partial charge in [-0.2, -0.15) is 0 Å². The van der Waals surface area contributed by atoms with Crippen LogP contribution < -0.4 is 5.73 Å². The molecule has 1 aromatic heterocycles. The highest BCUT2D eigenvalue weighted by Crippen LogP contribution is 2.19. The number of amides is 1. The van der Waals surface area contributed by atoms with Gasteiger partial charge in [0, 0.05) is 6.07 Å². The Hall–Kier alpha value is -2.44. The van der Waals surface area contributed by atoms with Crippen LogP contribution in [0.25, 0.3) is 11.1 Å². The largest absolute Gasteiger partial charge is 0.438 e. The lowest BCUT2D eigenvalue weighted by molar-refractivity contribution is 0.0603. The Morgan fingerprint density at radius 2 is 2.25 bits per heavy atom. The summed E-state index contributed by atoms with van der Waals surface area (Å²) in [7, 11) is 0. The summed E-state index contributed by atoms with van der Waals surface area (Å²) in [5, 5.41) is 0. The van der Waals surface area contributed by atoms with E-state index in [9.17, 15) is 14.0 Å². The van der Waals surface area contributed by atoms with Crippen LogP contribution in [0.15, 0.2) is 22.6 Å². The maximum atomic E-state index is 13.0. The van der Waals surface area contributed by atoms with Gasteiger partial charge in [-0.3, -0.25) is 4.79 Å². The quantitative estimate of drug-likeness (QED) is 0.848. The monoisotopic (exact) mass is 280 g/mol. The molecule has 1 heterocycles. The number of primary amides is 1. The first-order valence-electron chi connectivity index (χ1n) is 6.07. The van der Waals surface area contributed by atoms with Crippen LogP contribution in [0.1, 0.15) is 30.5 Å². The van der Waals surface area contributed by atoms with Gasteiger partial charge in [0.2, 0.25) is 0 Å². The van der Waals surface area contributed by atoms with Crippen LogP contribution in [0, 0.1) is 5.82 Å². The summed E-state index contributed by atoms with van der Waals surface area (Å²) >= 11 is 0. The van der Waals surface area contributed by atoms with Crippen molar-refractivity contribution in [3.8, 4) is 0 Å². The third-order valence-electron chi connectivity index (χ3n) is 2.66. The molecule has 2 rings (SSSR count). The summed E-state index contributed by atoms with van der Waals surface area (Å²) in [4.78, 5) is 26.9. The van der Waals surface area contributed by atoms with Crippen LogP contribution in [0.4, 0.5) is 9.18 Å². The van der Waals surface area contributed by atoms with Crippen molar-refractivity contribution < 1.29 is 23.1 Å². The predicted molar refractivity (Wildman–Crippen MR) is 67.7 cm³/mol. The summed E-state index contributed by atoms with van der Waals surface area (Å²) < 4.78 is 23.0. The third-order valence-corrected chi connectivity index (χ3v) is 2.66. The summed E-state index contributed by atoms with van der Waals surface area (Å²) in [6, 6.07) is 3.74. The molecule has 0 aliphatic rings. The minimum Gasteiger partial charge on any atom is -0.438 e. The number of aromatic nitrogens is 1. The lowest BCUT2D eigenvalue weighted by Crippen LogP contribution is -2.30. The number of oxazole rings is 1. The Bertz CT molecular complexity index is 653. The number of benzene rings is 1. The van der Waals surface area contributed by atoms with Crippen LogP contribution in [-0.2, 0) is 4.74 Å². The van der Waals surface area contributed by atoms with Crippen molar-refractivity contribution in [2.75, 3.05) is 0 Å². The van der Waals surface area contributed by atoms with Crippen LogP contribution in [-0.4, -0.2) is 23.0 Å². The number of Topliss-reactive ketones (excluding diaryl/α,β-unsaturated/α-hetero) is 1. The highest BCUT2D eigenvalue weighted by atomic mass is 19.1. The maximum absolute atomic E-state index is 13.0. The number of ketones is 1. The number of nitrogens with zero attached hydrogens (tertiary/aromatic N) is 1. The van der Waals surface area contributed by atoms with Gasteiger partial charge in [0.1, 0.15) is 11.3 Å². The van der Waals surface area contributed by atoms with Crippen molar-refractivity contribution in [3.63, 3.8) is 0 Å². The molecule has 0 saturated carbocycles. The van der Waals surface area contributed by atoms with E-state index in [1.54, 1.807) is 0 Å². The molecule has 1 atom stereocenters. The number of carbonyl (C=O) groups is 2. The molecule has 20 heavy (non-hydrogen) atoms. The number of fused-ring (bicyclic) bond motifs is 1. The SMILES string of the molecule is CCCC(OC(N)=O)C(=O)c1nc2ccc(F)cc2o1. The Morgan fingerprint density at radius 3 is 2.90 bits per heavy atom. The second-order valence-electron chi connectivity index (χ2n) is 4.21. The second-order valence-corrected chi connectivity index (χ2v) is 4.21. The van der Waals surface area contributed by atoms with Gasteiger partial charge in [-0.15, -0.1) is 0 Å². The number of rotatable bonds is 5. The van der Waals surface area contributed by atoms with E-state index in [2.05, 4.69) is 4.98 Å². The molecular weight excluding hydrogens is 267 g/mol. The molecule has 0 fully saturated rings. The molecule has 0 saturated heterocycles. The normalized spacial score (nSPS) is 12.3. The molecule has 0 bridgehead atoms. The zero-order valence-corrected chi connectivity index (χ0v) is 10.8. The minimum atomic E-state index is -1.05. The van der Waals surface area contributed by atoms with Crippen molar-refractivity contribution >= 4 is 23.0 Å². The van der Waals surface area contributed by atoms with E-state index in [1.165, 1.54) is 12.1 Å². The van der Waals surface area contributed by atoms with E-state index >= 15 is 0 Å². The average molecular weight is 280 g/mol. The van der Waals surface area contributed by atoms with Crippen molar-refractivity contribution in [2.45, 2.75) is 25.9 Å². The molecule has 0 radical (unpaired) electrons. The fraction of sp³-hybridized carbons (Fsp3) is 0.308. The van der Waals surface area contributed by atoms with Gasteiger partial charge in [-0.05, 0) is 18.6 Å². The van der Waals surface area contributed by atoms with Gasteiger partial charge in [-0.25, -0.2) is 14.2 Å². The van der Waals surface area contributed by atoms with Crippen molar-refractivity contribution in [2.24, 2.45) is 5.73 Å². The number of ether oxygens (including phenoxy) is 1. The lowest BCUT2D eigenvalue weighted by atomic mass is 10.1. The molecule has 2 N–H and O–H groups in total. The number of nitrogens with two attached hydrogens (primary N) is 1. The fourth-order valence-electron chi connectivity index (χ4n) is 1.79. The van der Waals surface area contributed by atoms with E-state index in [0.29, 0.717) is 18.4 Å². The van der Waals surface area contributed by atoms with Gasteiger partial charge >= 0.3 is 6.09 Å². The van der Waals surface area contributed by atoms with Crippen molar-refractivity contribution in [1.82, 2.24) is 4.98 Å². The molecule has 7 heteroatoms. The highest BCUT2D eigenvalue weighted by Gasteiger charge is 2.27. The molecule has 106 valence electrons. The number of halogens is 1. The smallest absolute Gasteiger partial charge is 0.405 e. The Balaban J connectivity index is 2.30. The molecule has 1 amide bonds. The van der Waals surface area contributed by atoms with E-state index in [0.717, 1.165) is 6.07 Å². The van der Waals surface area contributed by atoms with Gasteiger partial charge in [0.15, 0.2) is 11.7 Å². The van der Waals surface area contributed by atoms with E-state index in [4.69, 9.17) is 14.9 Å². The first-order valence-corrected chi connectivity index (χ1v) is 6.07. The summed E-state index contributed by atoms with van der Waals surface area (Å²) in [5.41, 5.74) is 5.43. The molecule has 2 aromatic rings. The van der Waals surface area contributed by atoms with Crippen LogP contribution in [0.3, 0.4) is 0 Å². The molecule has 0 spiro atoms. The summed E-state index contributed by atoms with van der Waals surface area (Å²) in [6.45, 7) is 1.83. The Kier molecular flexibility index (Phi) is 3.97. The molecule has 0 aliphatic heterocycles. The van der Waals surface area contributed by atoms with Crippen LogP contribution in [0.5, 0.6) is 0 Å². The van der Waals surface area contributed by atoms with Gasteiger partial charge < -0.3 is 14.9 Å². The fourth-order valence-corrected chi connectivity index (χ4v) is 1.79. The maximum Gasteiger partial charge on any atom is 0.405 e. The van der Waals surface area contributed by atoms with Crippen molar-refractivity contribution in [1.29, 1.82) is 0 Å². The predicted octanol–water partition coefficient (Wildman–Crippen LogP) is 2.41. The molecule has 1 aromatic carbocycles. The molecule has 0 aliphatic carbocycles. The topological polar surface area (TPSA) is 95.4 Å². The molecule has 1 unspecified atom stereocenters. The summed E-state index contributed by atoms with van der Waals surface area (Å²) in [6.07, 6.45) is -1.18. The first kappa shape index (κ1) is 14.0. The minimum absolute atomic E-state index is 0.155. The van der Waals surface area contributed by atoms with E-state index < -0.39 is 23.8 Å². The summed E-state index contributed by atoms with van der Waals surface area (Å²) in [5.74, 6) is -1.32. The zero-order chi connectivity index (χ0) is 14.7. The van der Waals surface area contributed by atoms with E-state index in [1.807, 2.05) is 6.92 Å². The first-order chi connectivity index (χ1) is 9.51. The van der Waals surface area contributed by atoms with Crippen molar-refractivity contribution in [3.05, 3.63) is 29.9 Å². The zero-order valence-electron chi connectivity index (χ0n) is 10.8. The Labute approximate surface area is 113 Å².